The van der Waals surface area contributed by atoms with Gasteiger partial charge in [-0.1, -0.05) is 0 Å². The monoisotopic (exact) mass is 349 g/mol. The van der Waals surface area contributed by atoms with Crippen LogP contribution < -0.4 is 16.0 Å². The minimum Gasteiger partial charge on any atom is -0.480 e. The third kappa shape index (κ3) is 9.34. The number of aliphatic carboxylic acids is 2. The zero-order valence-corrected chi connectivity index (χ0v) is 13.3. The van der Waals surface area contributed by atoms with Crippen LogP contribution in [0.4, 0.5) is 0 Å². The summed E-state index contributed by atoms with van der Waals surface area (Å²) >= 11 is 3.89. The van der Waals surface area contributed by atoms with E-state index < -0.39 is 48.3 Å². The van der Waals surface area contributed by atoms with E-state index in [0.717, 1.165) is 6.92 Å². The lowest BCUT2D eigenvalue weighted by Gasteiger charge is -2.17. The topological polar surface area (TPSA) is 162 Å². The molecule has 0 aliphatic carbocycles. The number of hydrogen-bond donors (Lipinski definition) is 6. The van der Waals surface area contributed by atoms with Gasteiger partial charge < -0.3 is 26.2 Å². The van der Waals surface area contributed by atoms with Crippen molar-refractivity contribution in [3.8, 4) is 0 Å². The molecule has 0 fully saturated rings. The summed E-state index contributed by atoms with van der Waals surface area (Å²) in [6.45, 7) is 0.558. The van der Waals surface area contributed by atoms with Crippen molar-refractivity contribution < 1.29 is 34.2 Å². The maximum Gasteiger partial charge on any atom is 0.326 e. The molecule has 0 spiro atoms. The molecule has 130 valence electrons. The van der Waals surface area contributed by atoms with Crippen LogP contribution in [0.1, 0.15) is 19.8 Å². The average Bonchev–Trinajstić information content (AvgIpc) is 2.45. The Kier molecular flexibility index (Phi) is 9.39. The highest BCUT2D eigenvalue weighted by Gasteiger charge is 2.22. The van der Waals surface area contributed by atoms with E-state index in [-0.39, 0.29) is 18.6 Å². The lowest BCUT2D eigenvalue weighted by atomic mass is 10.1. The lowest BCUT2D eigenvalue weighted by Crippen LogP contribution is -2.49. The second-order valence-electron chi connectivity index (χ2n) is 4.54. The van der Waals surface area contributed by atoms with Crippen molar-refractivity contribution in [1.82, 2.24) is 16.0 Å². The van der Waals surface area contributed by atoms with Crippen LogP contribution in [0.2, 0.25) is 0 Å². The van der Waals surface area contributed by atoms with Crippen LogP contribution in [0, 0.1) is 0 Å². The van der Waals surface area contributed by atoms with Crippen LogP contribution in [0.15, 0.2) is 0 Å². The lowest BCUT2D eigenvalue weighted by molar-refractivity contribution is -0.142. The fourth-order valence-electron chi connectivity index (χ4n) is 1.52. The number of carbonyl (C=O) groups is 5. The van der Waals surface area contributed by atoms with E-state index in [1.807, 2.05) is 0 Å². The van der Waals surface area contributed by atoms with Gasteiger partial charge in [-0.05, 0) is 6.42 Å². The maximum absolute atomic E-state index is 11.7. The molecular formula is C12H19N3O7S. The summed E-state index contributed by atoms with van der Waals surface area (Å²) in [6, 6.07) is -2.26. The van der Waals surface area contributed by atoms with Gasteiger partial charge in [0.15, 0.2) is 0 Å². The third-order valence-corrected chi connectivity index (χ3v) is 2.95. The Labute approximate surface area is 137 Å². The zero-order chi connectivity index (χ0) is 18.0. The van der Waals surface area contributed by atoms with Gasteiger partial charge in [-0.15, -0.1) is 0 Å². The van der Waals surface area contributed by atoms with Crippen LogP contribution >= 0.6 is 12.6 Å². The van der Waals surface area contributed by atoms with Crippen molar-refractivity contribution in [2.24, 2.45) is 0 Å². The summed E-state index contributed by atoms with van der Waals surface area (Å²) in [5.41, 5.74) is 0. The number of carbonyl (C=O) groups excluding carboxylic acids is 3. The number of rotatable bonds is 10. The Bertz CT molecular complexity index is 483. The van der Waals surface area contributed by atoms with E-state index in [4.69, 9.17) is 10.2 Å². The molecule has 3 amide bonds. The maximum atomic E-state index is 11.7. The number of amides is 3. The molecule has 0 bridgehead atoms. The minimum atomic E-state index is -1.28. The van der Waals surface area contributed by atoms with Crippen molar-refractivity contribution >= 4 is 42.3 Å². The molecule has 0 saturated heterocycles. The fraction of sp³-hybridized carbons (Fsp3) is 0.583. The van der Waals surface area contributed by atoms with E-state index in [1.54, 1.807) is 0 Å². The molecule has 0 aromatic rings. The SMILES string of the molecule is CC(=O)NC(CCC(=O)NC(CS)C(=O)NCC(=O)O)C(=O)O. The van der Waals surface area contributed by atoms with Gasteiger partial charge in [0.2, 0.25) is 17.7 Å². The third-order valence-electron chi connectivity index (χ3n) is 2.58. The molecule has 0 heterocycles. The summed E-state index contributed by atoms with van der Waals surface area (Å²) < 4.78 is 0. The number of nitrogens with one attached hydrogen (secondary N) is 3. The molecule has 0 aliphatic rings. The molecule has 23 heavy (non-hydrogen) atoms. The first-order valence-electron chi connectivity index (χ1n) is 6.57. The molecule has 0 rings (SSSR count). The van der Waals surface area contributed by atoms with Gasteiger partial charge >= 0.3 is 11.9 Å². The summed E-state index contributed by atoms with van der Waals surface area (Å²) in [7, 11) is 0. The van der Waals surface area contributed by atoms with Crippen molar-refractivity contribution in [3.63, 3.8) is 0 Å². The number of carboxylic acids is 2. The van der Waals surface area contributed by atoms with Crippen LogP contribution in [-0.2, 0) is 24.0 Å². The zero-order valence-electron chi connectivity index (χ0n) is 12.4. The highest BCUT2D eigenvalue weighted by molar-refractivity contribution is 7.80. The predicted octanol–water partition coefficient (Wildman–Crippen LogP) is -2.03. The standard InChI is InChI=1S/C12H19N3O7S/c1-6(16)14-7(12(21)22)2-3-9(17)15-8(5-23)11(20)13-4-10(18)19/h7-8,23H,2-5H2,1H3,(H,13,20)(H,14,16)(H,15,17)(H,18,19)(H,21,22). The van der Waals surface area contributed by atoms with Gasteiger partial charge in [0.1, 0.15) is 18.6 Å². The summed E-state index contributed by atoms with van der Waals surface area (Å²) in [5.74, 6) is -4.46. The van der Waals surface area contributed by atoms with Gasteiger partial charge in [-0.25, -0.2) is 4.79 Å². The molecule has 0 aliphatic heterocycles. The second-order valence-corrected chi connectivity index (χ2v) is 4.91. The first-order chi connectivity index (χ1) is 10.7. The van der Waals surface area contributed by atoms with Gasteiger partial charge in [0.05, 0.1) is 0 Å². The van der Waals surface area contributed by atoms with Gasteiger partial charge in [0.25, 0.3) is 0 Å². The van der Waals surface area contributed by atoms with Gasteiger partial charge in [0, 0.05) is 19.1 Å². The largest absolute Gasteiger partial charge is 0.480 e. The summed E-state index contributed by atoms with van der Waals surface area (Å²) in [6.07, 6.45) is -0.398. The van der Waals surface area contributed by atoms with Crippen LogP contribution in [0.5, 0.6) is 0 Å². The van der Waals surface area contributed by atoms with E-state index in [0.29, 0.717) is 0 Å². The van der Waals surface area contributed by atoms with Crippen LogP contribution in [0.3, 0.4) is 0 Å². The Balaban J connectivity index is 4.43. The minimum absolute atomic E-state index is 0.0642. The molecule has 2 unspecified atom stereocenters. The van der Waals surface area contributed by atoms with Crippen molar-refractivity contribution in [2.45, 2.75) is 31.8 Å². The Hall–Kier alpha value is -2.30. The van der Waals surface area contributed by atoms with Crippen LogP contribution in [-0.4, -0.2) is 64.3 Å². The molecule has 0 aromatic heterocycles. The quantitative estimate of drug-likeness (QED) is 0.248. The molecule has 11 heteroatoms. The highest BCUT2D eigenvalue weighted by atomic mass is 32.1. The van der Waals surface area contributed by atoms with Crippen molar-refractivity contribution in [2.75, 3.05) is 12.3 Å². The molecule has 5 N–H and O–H groups in total. The van der Waals surface area contributed by atoms with E-state index >= 15 is 0 Å². The number of carboxylic acid groups (broad SMARTS) is 2. The molecule has 2 atom stereocenters. The van der Waals surface area contributed by atoms with E-state index in [9.17, 15) is 24.0 Å². The molecular weight excluding hydrogens is 330 g/mol. The van der Waals surface area contributed by atoms with Gasteiger partial charge in [-0.3, -0.25) is 19.2 Å². The number of thiol groups is 1. The van der Waals surface area contributed by atoms with Crippen molar-refractivity contribution in [3.05, 3.63) is 0 Å². The molecule has 0 radical (unpaired) electrons. The smallest absolute Gasteiger partial charge is 0.326 e. The second kappa shape index (κ2) is 10.4. The highest BCUT2D eigenvalue weighted by Crippen LogP contribution is 2.00. The normalized spacial score (nSPS) is 12.6. The molecule has 0 aromatic carbocycles. The Morgan fingerprint density at radius 2 is 1.65 bits per heavy atom. The van der Waals surface area contributed by atoms with Crippen LogP contribution in [0.25, 0.3) is 0 Å². The van der Waals surface area contributed by atoms with E-state index in [1.165, 1.54) is 0 Å². The molecule has 0 saturated carbocycles. The fourth-order valence-corrected chi connectivity index (χ4v) is 1.78. The van der Waals surface area contributed by atoms with Gasteiger partial charge in [-0.2, -0.15) is 12.6 Å². The summed E-state index contributed by atoms with van der Waals surface area (Å²) in [5, 5.41) is 23.9. The average molecular weight is 349 g/mol. The van der Waals surface area contributed by atoms with Crippen molar-refractivity contribution in [1.29, 1.82) is 0 Å². The number of hydrogen-bond acceptors (Lipinski definition) is 6. The Morgan fingerprint density at radius 1 is 1.04 bits per heavy atom. The molecule has 10 nitrogen and oxygen atoms in total. The predicted molar refractivity (Wildman–Crippen MR) is 80.9 cm³/mol. The first kappa shape index (κ1) is 20.7. The van der Waals surface area contributed by atoms with E-state index in [2.05, 4.69) is 28.6 Å². The Morgan fingerprint density at radius 3 is 2.09 bits per heavy atom. The first-order valence-corrected chi connectivity index (χ1v) is 7.20. The summed E-state index contributed by atoms with van der Waals surface area (Å²) in [4.78, 5) is 55.5.